The van der Waals surface area contributed by atoms with Gasteiger partial charge in [-0.3, -0.25) is 10.1 Å². The third-order valence-electron chi connectivity index (χ3n) is 2.17. The van der Waals surface area contributed by atoms with Crippen LogP contribution < -0.4 is 0 Å². The van der Waals surface area contributed by atoms with Gasteiger partial charge in [-0.25, -0.2) is 4.79 Å². The highest BCUT2D eigenvalue weighted by atomic mass is 35.5. The molecule has 1 rings (SSSR count). The van der Waals surface area contributed by atoms with Gasteiger partial charge in [0.1, 0.15) is 0 Å². The highest BCUT2D eigenvalue weighted by Gasteiger charge is 2.20. The van der Waals surface area contributed by atoms with Crippen LogP contribution >= 0.6 is 23.2 Å². The summed E-state index contributed by atoms with van der Waals surface area (Å²) in [5.74, 6) is -0.758. The predicted molar refractivity (Wildman–Crippen MR) is 69.9 cm³/mol. The molecule has 6 nitrogen and oxygen atoms in total. The Morgan fingerprint density at radius 1 is 1.37 bits per heavy atom. The summed E-state index contributed by atoms with van der Waals surface area (Å²) >= 11 is 11.6. The molecule has 0 radical (unpaired) electrons. The normalized spacial score (nSPS) is 10.3. The zero-order valence-electron chi connectivity index (χ0n) is 10.0. The summed E-state index contributed by atoms with van der Waals surface area (Å²) in [4.78, 5) is 21.7. The minimum Gasteiger partial charge on any atom is -0.462 e. The van der Waals surface area contributed by atoms with E-state index in [0.29, 0.717) is 13.0 Å². The second-order valence-corrected chi connectivity index (χ2v) is 4.31. The van der Waals surface area contributed by atoms with E-state index in [9.17, 15) is 14.9 Å². The van der Waals surface area contributed by atoms with Gasteiger partial charge in [-0.2, -0.15) is 0 Å². The quantitative estimate of drug-likeness (QED) is 0.349. The third kappa shape index (κ3) is 4.34. The first-order chi connectivity index (χ1) is 8.97. The molecule has 0 bridgehead atoms. The first-order valence-electron chi connectivity index (χ1n) is 5.27. The molecule has 104 valence electrons. The van der Waals surface area contributed by atoms with Crippen LogP contribution in [-0.2, 0) is 9.47 Å². The molecular formula is C11H11Cl2NO5. The first kappa shape index (κ1) is 15.7. The number of non-ortho nitro benzene ring substituents is 1. The van der Waals surface area contributed by atoms with Crippen LogP contribution in [0.3, 0.4) is 0 Å². The van der Waals surface area contributed by atoms with E-state index in [2.05, 4.69) is 0 Å². The number of carbonyl (C=O) groups excluding carboxylic acids is 1. The molecule has 0 aliphatic carbocycles. The fraction of sp³-hybridized carbons (Fsp3) is 0.364. The van der Waals surface area contributed by atoms with E-state index in [0.717, 1.165) is 12.1 Å². The van der Waals surface area contributed by atoms with Crippen molar-refractivity contribution in [1.82, 2.24) is 0 Å². The molecule has 0 spiro atoms. The molecule has 19 heavy (non-hydrogen) atoms. The van der Waals surface area contributed by atoms with Crippen LogP contribution in [0.4, 0.5) is 5.69 Å². The van der Waals surface area contributed by atoms with Crippen molar-refractivity contribution >= 4 is 34.9 Å². The highest BCUT2D eigenvalue weighted by molar-refractivity contribution is 6.43. The molecule has 1 aromatic carbocycles. The fourth-order valence-corrected chi connectivity index (χ4v) is 1.67. The summed E-state index contributed by atoms with van der Waals surface area (Å²) in [6.07, 6.45) is 0.516. The lowest BCUT2D eigenvalue weighted by Gasteiger charge is -2.07. The SMILES string of the molecule is COCCCOC(=O)c1cc([N+](=O)[O-])cc(Cl)c1Cl. The maximum absolute atomic E-state index is 11.7. The van der Waals surface area contributed by atoms with Crippen LogP contribution in [0.2, 0.25) is 10.0 Å². The molecule has 1 aromatic rings. The largest absolute Gasteiger partial charge is 0.462 e. The zero-order chi connectivity index (χ0) is 14.4. The molecule has 0 aliphatic heterocycles. The second-order valence-electron chi connectivity index (χ2n) is 3.53. The third-order valence-corrected chi connectivity index (χ3v) is 2.97. The van der Waals surface area contributed by atoms with E-state index >= 15 is 0 Å². The van der Waals surface area contributed by atoms with Gasteiger partial charge in [-0.1, -0.05) is 23.2 Å². The van der Waals surface area contributed by atoms with Crippen LogP contribution in [0.25, 0.3) is 0 Å². The lowest BCUT2D eigenvalue weighted by molar-refractivity contribution is -0.384. The van der Waals surface area contributed by atoms with Crippen molar-refractivity contribution in [2.75, 3.05) is 20.3 Å². The maximum atomic E-state index is 11.7. The summed E-state index contributed by atoms with van der Waals surface area (Å²) in [5.41, 5.74) is -0.448. The molecule has 0 saturated carbocycles. The number of methoxy groups -OCH3 is 1. The number of nitrogens with zero attached hydrogens (tertiary/aromatic N) is 1. The number of benzene rings is 1. The molecule has 0 atom stereocenters. The van der Waals surface area contributed by atoms with Crippen molar-refractivity contribution in [3.63, 3.8) is 0 Å². The van der Waals surface area contributed by atoms with Crippen molar-refractivity contribution in [2.45, 2.75) is 6.42 Å². The Kier molecular flexibility index (Phi) is 6.01. The van der Waals surface area contributed by atoms with Gasteiger partial charge in [0.15, 0.2) is 0 Å². The molecule has 0 aromatic heterocycles. The van der Waals surface area contributed by atoms with Gasteiger partial charge in [-0.05, 0) is 0 Å². The number of halogens is 2. The number of nitro benzene ring substituents is 1. The van der Waals surface area contributed by atoms with Crippen LogP contribution in [0.1, 0.15) is 16.8 Å². The number of esters is 1. The average Bonchev–Trinajstić information content (AvgIpc) is 2.37. The van der Waals surface area contributed by atoms with Gasteiger partial charge in [0.2, 0.25) is 0 Å². The van der Waals surface area contributed by atoms with E-state index in [1.54, 1.807) is 0 Å². The minimum absolute atomic E-state index is 0.0657. The van der Waals surface area contributed by atoms with E-state index in [1.807, 2.05) is 0 Å². The van der Waals surface area contributed by atoms with Gasteiger partial charge in [0, 0.05) is 32.3 Å². The van der Waals surface area contributed by atoms with E-state index in [-0.39, 0.29) is 27.9 Å². The molecule has 0 fully saturated rings. The van der Waals surface area contributed by atoms with Gasteiger partial charge >= 0.3 is 5.97 Å². The summed E-state index contributed by atoms with van der Waals surface area (Å²) in [6.45, 7) is 0.569. The van der Waals surface area contributed by atoms with Crippen molar-refractivity contribution in [3.8, 4) is 0 Å². The molecule has 8 heteroatoms. The molecule has 0 saturated heterocycles. The Morgan fingerprint density at radius 2 is 2.05 bits per heavy atom. The summed E-state index contributed by atoms with van der Waals surface area (Å²) in [6, 6.07) is 2.11. The minimum atomic E-state index is -0.758. The maximum Gasteiger partial charge on any atom is 0.339 e. The summed E-state index contributed by atoms with van der Waals surface area (Å²) in [7, 11) is 1.53. The van der Waals surface area contributed by atoms with Crippen LogP contribution in [0.5, 0.6) is 0 Å². The predicted octanol–water partition coefficient (Wildman–Crippen LogP) is 3.09. The monoisotopic (exact) mass is 307 g/mol. The fourth-order valence-electron chi connectivity index (χ4n) is 1.27. The van der Waals surface area contributed by atoms with Crippen molar-refractivity contribution in [2.24, 2.45) is 0 Å². The number of carbonyl (C=O) groups is 1. The standard InChI is InChI=1S/C11H11Cl2NO5/c1-18-3-2-4-19-11(15)8-5-7(14(16)17)6-9(12)10(8)13/h5-6H,2-4H2,1H3. The molecular weight excluding hydrogens is 297 g/mol. The Hall–Kier alpha value is -1.37. The lowest BCUT2D eigenvalue weighted by Crippen LogP contribution is -2.09. The Bertz CT molecular complexity index is 492. The number of hydrogen-bond donors (Lipinski definition) is 0. The molecule has 0 amide bonds. The smallest absolute Gasteiger partial charge is 0.339 e. The number of ether oxygens (including phenoxy) is 2. The number of rotatable bonds is 6. The van der Waals surface area contributed by atoms with Gasteiger partial charge < -0.3 is 9.47 Å². The Balaban J connectivity index is 2.86. The van der Waals surface area contributed by atoms with E-state index in [4.69, 9.17) is 32.7 Å². The van der Waals surface area contributed by atoms with Crippen LogP contribution in [-0.4, -0.2) is 31.2 Å². The average molecular weight is 308 g/mol. The summed E-state index contributed by atoms with van der Waals surface area (Å²) < 4.78 is 9.71. The van der Waals surface area contributed by atoms with Crippen molar-refractivity contribution in [3.05, 3.63) is 37.9 Å². The molecule has 0 unspecified atom stereocenters. The molecule has 0 N–H and O–H groups in total. The summed E-state index contributed by atoms with van der Waals surface area (Å²) in [5, 5.41) is 10.5. The van der Waals surface area contributed by atoms with Crippen molar-refractivity contribution in [1.29, 1.82) is 0 Å². The molecule has 0 heterocycles. The van der Waals surface area contributed by atoms with Crippen LogP contribution in [0, 0.1) is 10.1 Å². The van der Waals surface area contributed by atoms with Gasteiger partial charge in [0.05, 0.1) is 27.1 Å². The second kappa shape index (κ2) is 7.28. The van der Waals surface area contributed by atoms with Crippen LogP contribution in [0.15, 0.2) is 12.1 Å². The van der Waals surface area contributed by atoms with E-state index < -0.39 is 10.9 Å². The van der Waals surface area contributed by atoms with Gasteiger partial charge in [-0.15, -0.1) is 0 Å². The van der Waals surface area contributed by atoms with E-state index in [1.165, 1.54) is 7.11 Å². The molecule has 0 aliphatic rings. The Labute approximate surface area is 119 Å². The first-order valence-corrected chi connectivity index (χ1v) is 6.02. The number of hydrogen-bond acceptors (Lipinski definition) is 5. The zero-order valence-corrected chi connectivity index (χ0v) is 11.5. The topological polar surface area (TPSA) is 78.7 Å². The highest BCUT2D eigenvalue weighted by Crippen LogP contribution is 2.31. The van der Waals surface area contributed by atoms with Gasteiger partial charge in [0.25, 0.3) is 5.69 Å². The number of nitro groups is 1. The van der Waals surface area contributed by atoms with Crippen molar-refractivity contribution < 1.29 is 19.2 Å². The Morgan fingerprint density at radius 3 is 2.63 bits per heavy atom. The lowest BCUT2D eigenvalue weighted by atomic mass is 10.2.